The Kier molecular flexibility index (Phi) is 6.16. The number of piperidine rings is 1. The van der Waals surface area contributed by atoms with Crippen molar-refractivity contribution in [3.05, 3.63) is 35.0 Å². The van der Waals surface area contributed by atoms with Gasteiger partial charge in [0, 0.05) is 49.1 Å². The van der Waals surface area contributed by atoms with E-state index in [2.05, 4.69) is 10.3 Å². The maximum absolute atomic E-state index is 12.7. The zero-order valence-corrected chi connectivity index (χ0v) is 15.6. The van der Waals surface area contributed by atoms with E-state index in [-0.39, 0.29) is 11.8 Å². The third-order valence-electron chi connectivity index (χ3n) is 4.82. The van der Waals surface area contributed by atoms with Gasteiger partial charge in [-0.3, -0.25) is 9.59 Å². The highest BCUT2D eigenvalue weighted by molar-refractivity contribution is 6.31. The van der Waals surface area contributed by atoms with Crippen LogP contribution >= 0.6 is 11.6 Å². The molecule has 1 aliphatic heterocycles. The molecule has 1 aromatic heterocycles. The Morgan fingerprint density at radius 2 is 2.08 bits per heavy atom. The lowest BCUT2D eigenvalue weighted by atomic mass is 9.93. The number of rotatable bonds is 6. The number of H-pyrrole nitrogens is 1. The molecule has 1 aliphatic rings. The lowest BCUT2D eigenvalue weighted by molar-refractivity contribution is -0.122. The zero-order chi connectivity index (χ0) is 18.5. The molecule has 0 aliphatic carbocycles. The normalized spacial score (nSPS) is 15.4. The van der Waals surface area contributed by atoms with Crippen molar-refractivity contribution in [2.75, 3.05) is 33.4 Å². The molecule has 2 aromatic rings. The number of aromatic nitrogens is 1. The van der Waals surface area contributed by atoms with Gasteiger partial charge >= 0.3 is 0 Å². The fraction of sp³-hybridized carbons (Fsp3) is 0.474. The number of methoxy groups -OCH3 is 1. The van der Waals surface area contributed by atoms with E-state index < -0.39 is 0 Å². The van der Waals surface area contributed by atoms with E-state index in [1.54, 1.807) is 13.2 Å². The van der Waals surface area contributed by atoms with Crippen molar-refractivity contribution in [2.45, 2.75) is 19.3 Å². The van der Waals surface area contributed by atoms with Crippen LogP contribution < -0.4 is 5.32 Å². The van der Waals surface area contributed by atoms with Crippen molar-refractivity contribution in [1.82, 2.24) is 15.2 Å². The summed E-state index contributed by atoms with van der Waals surface area (Å²) >= 11 is 6.00. The summed E-state index contributed by atoms with van der Waals surface area (Å²) in [5, 5.41) is 4.44. The molecule has 2 amide bonds. The van der Waals surface area contributed by atoms with Crippen LogP contribution in [-0.2, 0) is 9.53 Å². The van der Waals surface area contributed by atoms with Crippen molar-refractivity contribution in [3.63, 3.8) is 0 Å². The molecule has 0 spiro atoms. The van der Waals surface area contributed by atoms with E-state index in [0.29, 0.717) is 49.3 Å². The molecule has 1 saturated heterocycles. The highest BCUT2D eigenvalue weighted by Gasteiger charge is 2.25. The van der Waals surface area contributed by atoms with E-state index in [4.69, 9.17) is 16.3 Å². The summed E-state index contributed by atoms with van der Waals surface area (Å²) in [6.07, 6.45) is 2.20. The molecule has 1 aromatic carbocycles. The zero-order valence-electron chi connectivity index (χ0n) is 14.9. The van der Waals surface area contributed by atoms with Crippen molar-refractivity contribution >= 4 is 34.3 Å². The van der Waals surface area contributed by atoms with Gasteiger partial charge in [-0.05, 0) is 43.0 Å². The average Bonchev–Trinajstić information content (AvgIpc) is 3.05. The van der Waals surface area contributed by atoms with E-state index in [1.165, 1.54) is 0 Å². The Morgan fingerprint density at radius 3 is 2.81 bits per heavy atom. The Labute approximate surface area is 157 Å². The fourth-order valence-corrected chi connectivity index (χ4v) is 3.54. The molecule has 0 radical (unpaired) electrons. The molecule has 1 fully saturated rings. The maximum Gasteiger partial charge on any atom is 0.270 e. The Hall–Kier alpha value is -2.05. The minimum Gasteiger partial charge on any atom is -0.383 e. The molecule has 26 heavy (non-hydrogen) atoms. The van der Waals surface area contributed by atoms with Crippen LogP contribution in [0, 0.1) is 5.92 Å². The molecular weight excluding hydrogens is 354 g/mol. The van der Waals surface area contributed by atoms with Gasteiger partial charge < -0.3 is 19.9 Å². The van der Waals surface area contributed by atoms with Crippen molar-refractivity contribution in [1.29, 1.82) is 0 Å². The molecule has 0 unspecified atom stereocenters. The van der Waals surface area contributed by atoms with Crippen LogP contribution in [0.1, 0.15) is 29.8 Å². The second kappa shape index (κ2) is 8.56. The number of amides is 2. The Balaban J connectivity index is 1.52. The quantitative estimate of drug-likeness (QED) is 0.760. The molecule has 3 rings (SSSR count). The number of aromatic amines is 1. The first kappa shape index (κ1) is 18.7. The lowest BCUT2D eigenvalue weighted by Gasteiger charge is -2.31. The van der Waals surface area contributed by atoms with E-state index >= 15 is 0 Å². The van der Waals surface area contributed by atoms with Crippen LogP contribution in [0.15, 0.2) is 24.3 Å². The molecule has 0 saturated carbocycles. The van der Waals surface area contributed by atoms with Crippen LogP contribution in [0.5, 0.6) is 0 Å². The first-order valence-electron chi connectivity index (χ1n) is 8.90. The molecule has 6 nitrogen and oxygen atoms in total. The summed E-state index contributed by atoms with van der Waals surface area (Å²) in [4.78, 5) is 29.6. The van der Waals surface area contributed by atoms with Gasteiger partial charge in [-0.15, -0.1) is 0 Å². The van der Waals surface area contributed by atoms with Gasteiger partial charge in [0.05, 0.1) is 6.61 Å². The van der Waals surface area contributed by atoms with E-state index in [1.807, 2.05) is 23.1 Å². The van der Waals surface area contributed by atoms with Crippen molar-refractivity contribution < 1.29 is 14.3 Å². The number of ether oxygens (including phenoxy) is 1. The van der Waals surface area contributed by atoms with Crippen LogP contribution in [-0.4, -0.2) is 55.0 Å². The van der Waals surface area contributed by atoms with Crippen molar-refractivity contribution in [3.8, 4) is 0 Å². The number of carbonyl (C=O) groups excluding carboxylic acids is 2. The summed E-state index contributed by atoms with van der Waals surface area (Å²) < 4.78 is 4.92. The monoisotopic (exact) mass is 377 g/mol. The molecule has 0 bridgehead atoms. The van der Waals surface area contributed by atoms with Crippen LogP contribution in [0.4, 0.5) is 0 Å². The van der Waals surface area contributed by atoms with Crippen LogP contribution in [0.3, 0.4) is 0 Å². The smallest absolute Gasteiger partial charge is 0.270 e. The summed E-state index contributed by atoms with van der Waals surface area (Å²) in [5.74, 6) is 0.378. The summed E-state index contributed by atoms with van der Waals surface area (Å²) in [6, 6.07) is 7.37. The maximum atomic E-state index is 12.7. The minimum absolute atomic E-state index is 0.000295. The topological polar surface area (TPSA) is 74.4 Å². The lowest BCUT2D eigenvalue weighted by Crippen LogP contribution is -2.40. The molecule has 2 N–H and O–H groups in total. The number of likely N-dealkylation sites (tertiary alicyclic amines) is 1. The van der Waals surface area contributed by atoms with Gasteiger partial charge in [-0.2, -0.15) is 0 Å². The van der Waals surface area contributed by atoms with Gasteiger partial charge in [-0.25, -0.2) is 0 Å². The molecule has 0 atom stereocenters. The number of nitrogens with zero attached hydrogens (tertiary/aromatic N) is 1. The van der Waals surface area contributed by atoms with E-state index in [0.717, 1.165) is 23.7 Å². The number of carbonyl (C=O) groups is 2. The first-order valence-corrected chi connectivity index (χ1v) is 9.28. The number of benzene rings is 1. The summed E-state index contributed by atoms with van der Waals surface area (Å²) in [6.45, 7) is 2.40. The third-order valence-corrected chi connectivity index (χ3v) is 5.05. The Bertz CT molecular complexity index is 781. The van der Waals surface area contributed by atoms with Crippen molar-refractivity contribution in [2.24, 2.45) is 5.92 Å². The van der Waals surface area contributed by atoms with Gasteiger partial charge in [0.15, 0.2) is 0 Å². The first-order chi connectivity index (χ1) is 12.6. The minimum atomic E-state index is 0.000295. The van der Waals surface area contributed by atoms with Crippen LogP contribution in [0.25, 0.3) is 10.9 Å². The molecule has 140 valence electrons. The average molecular weight is 378 g/mol. The number of halogens is 1. The molecule has 2 heterocycles. The fourth-order valence-electron chi connectivity index (χ4n) is 3.36. The number of nitrogens with one attached hydrogen (secondary N) is 2. The third kappa shape index (κ3) is 4.56. The number of hydrogen-bond acceptors (Lipinski definition) is 3. The second-order valence-electron chi connectivity index (χ2n) is 6.70. The van der Waals surface area contributed by atoms with Gasteiger partial charge in [0.25, 0.3) is 5.91 Å². The SMILES string of the molecule is COCCNC(=O)CC1CCN(C(=O)c2cc3cc(Cl)ccc3[nH]2)CC1. The standard InChI is InChI=1S/C19H24ClN3O3/c1-26-9-6-21-18(24)10-13-4-7-23(8-5-13)19(25)17-12-14-11-15(20)2-3-16(14)22-17/h2-3,11-13,22H,4-10H2,1H3,(H,21,24). The van der Waals surface area contributed by atoms with Gasteiger partial charge in [0.2, 0.25) is 5.91 Å². The van der Waals surface area contributed by atoms with Gasteiger partial charge in [-0.1, -0.05) is 11.6 Å². The largest absolute Gasteiger partial charge is 0.383 e. The van der Waals surface area contributed by atoms with Gasteiger partial charge in [0.1, 0.15) is 5.69 Å². The number of fused-ring (bicyclic) bond motifs is 1. The van der Waals surface area contributed by atoms with E-state index in [9.17, 15) is 9.59 Å². The summed E-state index contributed by atoms with van der Waals surface area (Å²) in [7, 11) is 1.61. The molecule has 7 heteroatoms. The number of hydrogen-bond donors (Lipinski definition) is 2. The highest BCUT2D eigenvalue weighted by Crippen LogP contribution is 2.24. The predicted molar refractivity (Wildman–Crippen MR) is 101 cm³/mol. The molecular formula is C19H24ClN3O3. The second-order valence-corrected chi connectivity index (χ2v) is 7.13. The highest BCUT2D eigenvalue weighted by atomic mass is 35.5. The Morgan fingerprint density at radius 1 is 1.31 bits per heavy atom. The van der Waals surface area contributed by atoms with Crippen LogP contribution in [0.2, 0.25) is 5.02 Å². The summed E-state index contributed by atoms with van der Waals surface area (Å²) in [5.41, 5.74) is 1.48. The predicted octanol–water partition coefficient (Wildman–Crippen LogP) is 2.83.